The highest BCUT2D eigenvalue weighted by atomic mass is 32.1. The summed E-state index contributed by atoms with van der Waals surface area (Å²) in [5, 5.41) is 14.6. The number of rotatable bonds is 7. The van der Waals surface area contributed by atoms with Crippen LogP contribution < -0.4 is 5.32 Å². The van der Waals surface area contributed by atoms with Crippen LogP contribution in [-0.4, -0.2) is 47.1 Å². The highest BCUT2D eigenvalue weighted by Crippen LogP contribution is 2.29. The first-order valence-corrected chi connectivity index (χ1v) is 8.55. The van der Waals surface area contributed by atoms with E-state index < -0.39 is 12.1 Å². The van der Waals surface area contributed by atoms with Gasteiger partial charge in [-0.3, -0.25) is 9.59 Å². The number of nitrogens with zero attached hydrogens (tertiary/aromatic N) is 1. The Morgan fingerprint density at radius 2 is 2.14 bits per heavy atom. The van der Waals surface area contributed by atoms with Gasteiger partial charge in [0.1, 0.15) is 6.04 Å². The fourth-order valence-corrected chi connectivity index (χ4v) is 3.13. The zero-order chi connectivity index (χ0) is 16.3. The van der Waals surface area contributed by atoms with E-state index in [0.29, 0.717) is 0 Å². The Labute approximate surface area is 135 Å². The van der Waals surface area contributed by atoms with Crippen LogP contribution >= 0.6 is 11.3 Å². The maximum Gasteiger partial charge on any atom is 0.247 e. The summed E-state index contributed by atoms with van der Waals surface area (Å²) in [7, 11) is 1.72. The minimum absolute atomic E-state index is 0.00484. The van der Waals surface area contributed by atoms with Crippen molar-refractivity contribution in [3.05, 3.63) is 22.4 Å². The highest BCUT2D eigenvalue weighted by molar-refractivity contribution is 7.09. The van der Waals surface area contributed by atoms with Crippen molar-refractivity contribution in [1.29, 1.82) is 0 Å². The first kappa shape index (κ1) is 17.0. The predicted molar refractivity (Wildman–Crippen MR) is 86.6 cm³/mol. The average Bonchev–Trinajstić information content (AvgIpc) is 3.21. The van der Waals surface area contributed by atoms with E-state index in [4.69, 9.17) is 0 Å². The molecule has 3 atom stereocenters. The number of likely N-dealkylation sites (N-methyl/N-ethyl adjacent to an activating group) is 1. The molecule has 0 aromatic carbocycles. The fraction of sp³-hybridized carbons (Fsp3) is 0.625. The smallest absolute Gasteiger partial charge is 0.247 e. The van der Waals surface area contributed by atoms with Crippen LogP contribution in [0.4, 0.5) is 0 Å². The van der Waals surface area contributed by atoms with Crippen molar-refractivity contribution in [3.63, 3.8) is 0 Å². The molecule has 22 heavy (non-hydrogen) atoms. The highest BCUT2D eigenvalue weighted by Gasteiger charge is 2.35. The molecule has 1 aromatic heterocycles. The second-order valence-corrected chi connectivity index (χ2v) is 7.12. The number of carbonyl (C=O) groups excluding carboxylic acids is 2. The number of hydrogen-bond acceptors (Lipinski definition) is 4. The summed E-state index contributed by atoms with van der Waals surface area (Å²) >= 11 is 1.66. The van der Waals surface area contributed by atoms with Gasteiger partial charge in [0.25, 0.3) is 0 Å². The van der Waals surface area contributed by atoms with Gasteiger partial charge in [0.05, 0.1) is 6.10 Å². The second kappa shape index (κ2) is 7.24. The SMILES string of the molecule is CC(O)C(NC(=O)C1CC1)C(=O)N(C)C(C)Cc1cccs1. The molecule has 0 aliphatic heterocycles. The molecule has 0 spiro atoms. The first-order chi connectivity index (χ1) is 10.4. The minimum atomic E-state index is -0.911. The zero-order valence-electron chi connectivity index (χ0n) is 13.3. The number of carbonyl (C=O) groups is 2. The largest absolute Gasteiger partial charge is 0.391 e. The summed E-state index contributed by atoms with van der Waals surface area (Å²) in [6.45, 7) is 3.51. The molecule has 1 aliphatic rings. The van der Waals surface area contributed by atoms with Gasteiger partial charge in [-0.15, -0.1) is 11.3 Å². The Balaban J connectivity index is 1.96. The van der Waals surface area contributed by atoms with E-state index in [1.54, 1.807) is 23.3 Å². The van der Waals surface area contributed by atoms with Crippen molar-refractivity contribution >= 4 is 23.2 Å². The predicted octanol–water partition coefficient (Wildman–Crippen LogP) is 1.41. The molecular weight excluding hydrogens is 300 g/mol. The van der Waals surface area contributed by atoms with Gasteiger partial charge in [0.15, 0.2) is 0 Å². The lowest BCUT2D eigenvalue weighted by Crippen LogP contribution is -2.55. The van der Waals surface area contributed by atoms with Crippen molar-refractivity contribution in [2.75, 3.05) is 7.05 Å². The molecule has 122 valence electrons. The van der Waals surface area contributed by atoms with Gasteiger partial charge in [0.2, 0.25) is 11.8 Å². The van der Waals surface area contributed by atoms with Crippen molar-refractivity contribution in [2.24, 2.45) is 5.92 Å². The van der Waals surface area contributed by atoms with Gasteiger partial charge in [-0.2, -0.15) is 0 Å². The van der Waals surface area contributed by atoms with Gasteiger partial charge in [-0.25, -0.2) is 0 Å². The summed E-state index contributed by atoms with van der Waals surface area (Å²) < 4.78 is 0. The molecule has 2 rings (SSSR count). The topological polar surface area (TPSA) is 69.6 Å². The van der Waals surface area contributed by atoms with Crippen LogP contribution in [0, 0.1) is 5.92 Å². The van der Waals surface area contributed by atoms with Crippen LogP contribution in [-0.2, 0) is 16.0 Å². The molecule has 6 heteroatoms. The molecule has 0 radical (unpaired) electrons. The Morgan fingerprint density at radius 3 is 2.64 bits per heavy atom. The molecule has 2 amide bonds. The molecule has 1 aromatic rings. The van der Waals surface area contributed by atoms with Gasteiger partial charge >= 0.3 is 0 Å². The maximum atomic E-state index is 12.6. The second-order valence-electron chi connectivity index (χ2n) is 6.08. The van der Waals surface area contributed by atoms with E-state index in [1.807, 2.05) is 24.4 Å². The molecule has 1 aliphatic carbocycles. The lowest BCUT2D eigenvalue weighted by atomic mass is 10.1. The number of hydrogen-bond donors (Lipinski definition) is 2. The van der Waals surface area contributed by atoms with Crippen LogP contribution in [0.15, 0.2) is 17.5 Å². The summed E-state index contributed by atoms with van der Waals surface area (Å²) in [4.78, 5) is 27.3. The summed E-state index contributed by atoms with van der Waals surface area (Å²) in [5.41, 5.74) is 0. The molecule has 2 N–H and O–H groups in total. The van der Waals surface area contributed by atoms with Gasteiger partial charge < -0.3 is 15.3 Å². The summed E-state index contributed by atoms with van der Waals surface area (Å²) in [5.74, 6) is -0.352. The Hall–Kier alpha value is -1.40. The molecule has 1 heterocycles. The van der Waals surface area contributed by atoms with Crippen molar-refractivity contribution < 1.29 is 14.7 Å². The van der Waals surface area contributed by atoms with E-state index in [2.05, 4.69) is 5.32 Å². The van der Waals surface area contributed by atoms with Crippen LogP contribution in [0.2, 0.25) is 0 Å². The van der Waals surface area contributed by atoms with E-state index in [0.717, 1.165) is 19.3 Å². The lowest BCUT2D eigenvalue weighted by Gasteiger charge is -2.30. The van der Waals surface area contributed by atoms with E-state index in [-0.39, 0.29) is 23.8 Å². The van der Waals surface area contributed by atoms with Crippen LogP contribution in [0.1, 0.15) is 31.6 Å². The molecule has 0 saturated heterocycles. The molecule has 0 bridgehead atoms. The number of aliphatic hydroxyl groups excluding tert-OH is 1. The summed E-state index contributed by atoms with van der Waals surface area (Å²) in [6, 6.07) is 3.16. The monoisotopic (exact) mass is 324 g/mol. The number of aliphatic hydroxyl groups is 1. The van der Waals surface area contributed by atoms with E-state index in [9.17, 15) is 14.7 Å². The first-order valence-electron chi connectivity index (χ1n) is 7.67. The van der Waals surface area contributed by atoms with Crippen molar-refractivity contribution in [3.8, 4) is 0 Å². The average molecular weight is 324 g/mol. The third-order valence-electron chi connectivity index (χ3n) is 4.08. The number of nitrogens with one attached hydrogen (secondary N) is 1. The lowest BCUT2D eigenvalue weighted by molar-refractivity contribution is -0.140. The third kappa shape index (κ3) is 4.30. The number of thiophene rings is 1. The Morgan fingerprint density at radius 1 is 1.45 bits per heavy atom. The molecule has 1 saturated carbocycles. The van der Waals surface area contributed by atoms with Gasteiger partial charge in [-0.1, -0.05) is 6.07 Å². The number of amides is 2. The normalized spacial score (nSPS) is 18.4. The Bertz CT molecular complexity index is 511. The van der Waals surface area contributed by atoms with Crippen molar-refractivity contribution in [1.82, 2.24) is 10.2 Å². The Kier molecular flexibility index (Phi) is 5.58. The molecular formula is C16H24N2O3S. The molecule has 1 fully saturated rings. The minimum Gasteiger partial charge on any atom is -0.391 e. The quantitative estimate of drug-likeness (QED) is 0.797. The molecule has 3 unspecified atom stereocenters. The van der Waals surface area contributed by atoms with Gasteiger partial charge in [0, 0.05) is 30.3 Å². The molecule has 5 nitrogen and oxygen atoms in total. The van der Waals surface area contributed by atoms with Crippen LogP contribution in [0.25, 0.3) is 0 Å². The summed E-state index contributed by atoms with van der Waals surface area (Å²) in [6.07, 6.45) is 1.60. The van der Waals surface area contributed by atoms with Gasteiger partial charge in [-0.05, 0) is 38.1 Å². The third-order valence-corrected chi connectivity index (χ3v) is 4.98. The fourth-order valence-electron chi connectivity index (χ4n) is 2.30. The zero-order valence-corrected chi connectivity index (χ0v) is 14.1. The van der Waals surface area contributed by atoms with Crippen LogP contribution in [0.5, 0.6) is 0 Å². The van der Waals surface area contributed by atoms with E-state index >= 15 is 0 Å². The van der Waals surface area contributed by atoms with Crippen molar-refractivity contribution in [2.45, 2.75) is 51.3 Å². The van der Waals surface area contributed by atoms with Crippen LogP contribution in [0.3, 0.4) is 0 Å². The van der Waals surface area contributed by atoms with E-state index in [1.165, 1.54) is 11.8 Å². The maximum absolute atomic E-state index is 12.6. The standard InChI is InChI=1S/C16H24N2O3S/c1-10(9-13-5-4-8-22-13)18(3)16(21)14(11(2)19)17-15(20)12-6-7-12/h4-5,8,10-12,14,19H,6-7,9H2,1-3H3,(H,17,20).